The van der Waals surface area contributed by atoms with Crippen molar-refractivity contribution in [1.29, 1.82) is 0 Å². The van der Waals surface area contributed by atoms with E-state index in [1.165, 1.54) is 11.8 Å². The molecule has 1 aromatic carbocycles. The van der Waals surface area contributed by atoms with Crippen LogP contribution >= 0.6 is 39.9 Å². The maximum absolute atomic E-state index is 12.5. The first kappa shape index (κ1) is 21.1. The number of ether oxygens (including phenoxy) is 1. The molecule has 1 fully saturated rings. The first-order valence-corrected chi connectivity index (χ1v) is 10.2. The standard InChI is InChI=1S/C18H21BrN2O3S2/c1-20(2)10-11-24-16(22)4-3-9-21-17(23)15(26-18(21)25)12-13-5-7-14(19)8-6-13/h5-8,12H,3-4,9-11H2,1-2H3/b15-12-. The number of thiocarbonyl (C=S) groups is 1. The lowest BCUT2D eigenvalue weighted by Gasteiger charge is -2.14. The van der Waals surface area contributed by atoms with Gasteiger partial charge >= 0.3 is 5.97 Å². The van der Waals surface area contributed by atoms with E-state index in [-0.39, 0.29) is 18.3 Å². The quantitative estimate of drug-likeness (QED) is 0.338. The predicted octanol–water partition coefficient (Wildman–Crippen LogP) is 3.54. The number of benzene rings is 1. The second kappa shape index (κ2) is 10.2. The van der Waals surface area contributed by atoms with Crippen molar-refractivity contribution >= 4 is 62.2 Å². The highest BCUT2D eigenvalue weighted by Gasteiger charge is 2.31. The third-order valence-electron chi connectivity index (χ3n) is 3.61. The highest BCUT2D eigenvalue weighted by atomic mass is 79.9. The lowest BCUT2D eigenvalue weighted by molar-refractivity contribution is -0.144. The fraction of sp³-hybridized carbons (Fsp3) is 0.389. The third kappa shape index (κ3) is 6.50. The summed E-state index contributed by atoms with van der Waals surface area (Å²) in [4.78, 5) is 28.3. The second-order valence-electron chi connectivity index (χ2n) is 6.01. The van der Waals surface area contributed by atoms with E-state index in [1.54, 1.807) is 4.90 Å². The zero-order chi connectivity index (χ0) is 19.1. The molecule has 5 nitrogen and oxygen atoms in total. The Morgan fingerprint density at radius 1 is 1.35 bits per heavy atom. The van der Waals surface area contributed by atoms with E-state index >= 15 is 0 Å². The Balaban J connectivity index is 1.83. The van der Waals surface area contributed by atoms with E-state index in [2.05, 4.69) is 15.9 Å². The molecule has 0 unspecified atom stereocenters. The zero-order valence-electron chi connectivity index (χ0n) is 14.7. The van der Waals surface area contributed by atoms with Gasteiger partial charge in [-0.05, 0) is 44.3 Å². The largest absolute Gasteiger partial charge is 0.464 e. The Morgan fingerprint density at radius 3 is 2.69 bits per heavy atom. The van der Waals surface area contributed by atoms with Gasteiger partial charge in [-0.15, -0.1) is 0 Å². The minimum absolute atomic E-state index is 0.108. The van der Waals surface area contributed by atoms with Crippen LogP contribution < -0.4 is 0 Å². The number of nitrogens with zero attached hydrogens (tertiary/aromatic N) is 2. The number of rotatable bonds is 8. The number of carbonyl (C=O) groups excluding carboxylic acids is 2. The highest BCUT2D eigenvalue weighted by molar-refractivity contribution is 9.10. The number of hydrogen-bond acceptors (Lipinski definition) is 6. The summed E-state index contributed by atoms with van der Waals surface area (Å²) in [7, 11) is 3.84. The molecule has 0 spiro atoms. The van der Waals surface area contributed by atoms with Gasteiger partial charge in [0.1, 0.15) is 10.9 Å². The molecule has 0 aliphatic carbocycles. The van der Waals surface area contributed by atoms with Crippen molar-refractivity contribution in [3.8, 4) is 0 Å². The maximum Gasteiger partial charge on any atom is 0.305 e. The van der Waals surface area contributed by atoms with E-state index in [9.17, 15) is 9.59 Å². The van der Waals surface area contributed by atoms with E-state index in [0.29, 0.717) is 35.3 Å². The number of esters is 1. The second-order valence-corrected chi connectivity index (χ2v) is 8.60. The highest BCUT2D eigenvalue weighted by Crippen LogP contribution is 2.32. The molecule has 26 heavy (non-hydrogen) atoms. The Hall–Kier alpha value is -1.22. The summed E-state index contributed by atoms with van der Waals surface area (Å²) in [6.45, 7) is 1.50. The van der Waals surface area contributed by atoms with Crippen LogP contribution in [0.3, 0.4) is 0 Å². The third-order valence-corrected chi connectivity index (χ3v) is 5.51. The molecule has 0 saturated carbocycles. The SMILES string of the molecule is CN(C)CCOC(=O)CCCN1C(=O)/C(=C/c2ccc(Br)cc2)SC1=S. The first-order valence-electron chi connectivity index (χ1n) is 8.18. The smallest absolute Gasteiger partial charge is 0.305 e. The molecule has 1 aliphatic heterocycles. The van der Waals surface area contributed by atoms with E-state index in [0.717, 1.165) is 10.0 Å². The van der Waals surface area contributed by atoms with E-state index < -0.39 is 0 Å². The van der Waals surface area contributed by atoms with Gasteiger partial charge in [-0.2, -0.15) is 0 Å². The van der Waals surface area contributed by atoms with Crippen LogP contribution in [0.25, 0.3) is 6.08 Å². The number of amides is 1. The molecule has 1 aromatic rings. The summed E-state index contributed by atoms with van der Waals surface area (Å²) in [6, 6.07) is 7.71. The van der Waals surface area contributed by atoms with Gasteiger partial charge < -0.3 is 9.64 Å². The molecular formula is C18H21BrN2O3S2. The van der Waals surface area contributed by atoms with Crippen molar-refractivity contribution in [2.24, 2.45) is 0 Å². The van der Waals surface area contributed by atoms with Crippen LogP contribution in [0.1, 0.15) is 18.4 Å². The molecule has 1 heterocycles. The summed E-state index contributed by atoms with van der Waals surface area (Å²) < 4.78 is 6.66. The van der Waals surface area contributed by atoms with Gasteiger partial charge in [0.2, 0.25) is 0 Å². The number of halogens is 1. The molecule has 0 atom stereocenters. The Kier molecular flexibility index (Phi) is 8.27. The lowest BCUT2D eigenvalue weighted by atomic mass is 10.2. The fourth-order valence-corrected chi connectivity index (χ4v) is 3.77. The minimum Gasteiger partial charge on any atom is -0.464 e. The molecule has 0 aromatic heterocycles. The van der Waals surface area contributed by atoms with Crippen LogP contribution in [0.2, 0.25) is 0 Å². The van der Waals surface area contributed by atoms with Crippen LogP contribution in [-0.4, -0.2) is 59.8 Å². The summed E-state index contributed by atoms with van der Waals surface area (Å²) in [5.41, 5.74) is 0.943. The van der Waals surface area contributed by atoms with Gasteiger partial charge in [0, 0.05) is 24.0 Å². The summed E-state index contributed by atoms with van der Waals surface area (Å²) >= 11 is 9.99. The van der Waals surface area contributed by atoms with Crippen molar-refractivity contribution in [3.63, 3.8) is 0 Å². The molecule has 1 saturated heterocycles. The summed E-state index contributed by atoms with van der Waals surface area (Å²) in [5, 5.41) is 0. The van der Waals surface area contributed by atoms with Crippen molar-refractivity contribution in [2.75, 3.05) is 33.8 Å². The van der Waals surface area contributed by atoms with Crippen molar-refractivity contribution in [3.05, 3.63) is 39.2 Å². The monoisotopic (exact) mass is 456 g/mol. The van der Waals surface area contributed by atoms with E-state index in [4.69, 9.17) is 17.0 Å². The maximum atomic E-state index is 12.5. The molecule has 1 aliphatic rings. The number of likely N-dealkylation sites (N-methyl/N-ethyl adjacent to an activating group) is 1. The zero-order valence-corrected chi connectivity index (χ0v) is 18.0. The van der Waals surface area contributed by atoms with Crippen LogP contribution in [0, 0.1) is 0 Å². The minimum atomic E-state index is -0.248. The Bertz CT molecular complexity index is 705. The molecule has 0 bridgehead atoms. The Labute approximate surface area is 171 Å². The topological polar surface area (TPSA) is 49.9 Å². The van der Waals surface area contributed by atoms with Gasteiger partial charge in [0.25, 0.3) is 5.91 Å². The average Bonchev–Trinajstić information content (AvgIpc) is 2.84. The van der Waals surface area contributed by atoms with Gasteiger partial charge in [0.15, 0.2) is 0 Å². The number of hydrogen-bond donors (Lipinski definition) is 0. The fourth-order valence-electron chi connectivity index (χ4n) is 2.20. The van der Waals surface area contributed by atoms with Gasteiger partial charge in [-0.3, -0.25) is 14.5 Å². The molecular weight excluding hydrogens is 436 g/mol. The van der Waals surface area contributed by atoms with Crippen molar-refractivity contribution in [2.45, 2.75) is 12.8 Å². The molecule has 140 valence electrons. The predicted molar refractivity (Wildman–Crippen MR) is 113 cm³/mol. The van der Waals surface area contributed by atoms with E-state index in [1.807, 2.05) is 49.3 Å². The van der Waals surface area contributed by atoms with Crippen LogP contribution in [0.5, 0.6) is 0 Å². The van der Waals surface area contributed by atoms with Gasteiger partial charge in [0.05, 0.1) is 4.91 Å². The first-order chi connectivity index (χ1) is 12.4. The molecule has 0 N–H and O–H groups in total. The molecule has 2 rings (SSSR count). The summed E-state index contributed by atoms with van der Waals surface area (Å²) in [6.07, 6.45) is 2.64. The summed E-state index contributed by atoms with van der Waals surface area (Å²) in [5.74, 6) is -0.355. The van der Waals surface area contributed by atoms with Crippen LogP contribution in [0.4, 0.5) is 0 Å². The van der Waals surface area contributed by atoms with Crippen molar-refractivity contribution in [1.82, 2.24) is 9.80 Å². The van der Waals surface area contributed by atoms with Crippen LogP contribution in [-0.2, 0) is 14.3 Å². The normalized spacial score (nSPS) is 16.0. The molecule has 0 radical (unpaired) electrons. The van der Waals surface area contributed by atoms with Gasteiger partial charge in [-0.25, -0.2) is 0 Å². The average molecular weight is 457 g/mol. The Morgan fingerprint density at radius 2 is 2.04 bits per heavy atom. The van der Waals surface area contributed by atoms with Crippen molar-refractivity contribution < 1.29 is 14.3 Å². The number of thioether (sulfide) groups is 1. The molecule has 8 heteroatoms. The van der Waals surface area contributed by atoms with Crippen LogP contribution in [0.15, 0.2) is 33.6 Å². The lowest BCUT2D eigenvalue weighted by Crippen LogP contribution is -2.29. The molecule has 1 amide bonds. The van der Waals surface area contributed by atoms with Gasteiger partial charge in [-0.1, -0.05) is 52.0 Å². The number of carbonyl (C=O) groups is 2.